The summed E-state index contributed by atoms with van der Waals surface area (Å²) in [5, 5.41) is 0. The van der Waals surface area contributed by atoms with Crippen LogP contribution < -0.4 is 0 Å². The van der Waals surface area contributed by atoms with Crippen LogP contribution in [0.1, 0.15) is 73.1 Å². The number of hydrogen-bond acceptors (Lipinski definition) is 4. The highest BCUT2D eigenvalue weighted by Gasteiger charge is 2.69. The molecule has 0 aromatic heterocycles. The zero-order valence-electron chi connectivity index (χ0n) is 17.6. The van der Waals surface area contributed by atoms with Gasteiger partial charge in [-0.05, 0) is 41.5 Å². The van der Waals surface area contributed by atoms with Gasteiger partial charge in [0.25, 0.3) is 0 Å². The second-order valence-electron chi connectivity index (χ2n) is 8.93. The molecular formula is C26H28O4. The Balaban J connectivity index is 1.68. The van der Waals surface area contributed by atoms with Crippen molar-refractivity contribution >= 4 is 11.9 Å². The molecular weight excluding hydrogens is 376 g/mol. The Morgan fingerprint density at radius 1 is 1.03 bits per heavy atom. The zero-order chi connectivity index (χ0) is 20.9. The number of carbonyl (C=O) groups is 2. The fourth-order valence-electron chi connectivity index (χ4n) is 6.34. The van der Waals surface area contributed by atoms with Crippen LogP contribution in [0.3, 0.4) is 0 Å². The highest BCUT2D eigenvalue weighted by Crippen LogP contribution is 2.66. The minimum atomic E-state index is -0.892. The van der Waals surface area contributed by atoms with Gasteiger partial charge in [0, 0.05) is 11.8 Å². The fraction of sp³-hybridized carbons (Fsp3) is 0.462. The van der Waals surface area contributed by atoms with Gasteiger partial charge in [-0.15, -0.1) is 0 Å². The van der Waals surface area contributed by atoms with E-state index in [9.17, 15) is 9.59 Å². The number of unbranched alkanes of at least 4 members (excludes halogenated alkanes) is 2. The molecule has 0 amide bonds. The monoisotopic (exact) mass is 404 g/mol. The Kier molecular flexibility index (Phi) is 4.68. The maximum atomic E-state index is 13.6. The van der Waals surface area contributed by atoms with E-state index in [2.05, 4.69) is 43.3 Å². The summed E-state index contributed by atoms with van der Waals surface area (Å²) < 4.78 is 11.2. The molecule has 1 aliphatic heterocycles. The second kappa shape index (κ2) is 7.26. The summed E-state index contributed by atoms with van der Waals surface area (Å²) in [5.41, 5.74) is 3.98. The highest BCUT2D eigenvalue weighted by atomic mass is 16.6. The molecule has 4 nitrogen and oxygen atoms in total. The minimum Gasteiger partial charge on any atom is -0.469 e. The third-order valence-corrected chi connectivity index (χ3v) is 7.53. The Bertz CT molecular complexity index is 949. The van der Waals surface area contributed by atoms with Gasteiger partial charge in [-0.3, -0.25) is 9.59 Å². The van der Waals surface area contributed by atoms with Gasteiger partial charge >= 0.3 is 11.9 Å². The third kappa shape index (κ3) is 2.52. The molecule has 0 saturated carbocycles. The maximum absolute atomic E-state index is 13.6. The van der Waals surface area contributed by atoms with Gasteiger partial charge < -0.3 is 9.47 Å². The van der Waals surface area contributed by atoms with Crippen LogP contribution in [0.5, 0.6) is 0 Å². The lowest BCUT2D eigenvalue weighted by atomic mass is 9.48. The van der Waals surface area contributed by atoms with E-state index in [1.165, 1.54) is 18.2 Å². The van der Waals surface area contributed by atoms with Crippen LogP contribution in [0, 0.1) is 11.3 Å². The number of ether oxygens (including phenoxy) is 2. The van der Waals surface area contributed by atoms with Gasteiger partial charge in [0.2, 0.25) is 0 Å². The number of rotatable bonds is 5. The molecule has 1 spiro atoms. The third-order valence-electron chi connectivity index (χ3n) is 7.53. The molecule has 2 aromatic rings. The average Bonchev–Trinajstić information content (AvgIpc) is 3.04. The summed E-state index contributed by atoms with van der Waals surface area (Å²) in [4.78, 5) is 26.7. The molecule has 1 fully saturated rings. The number of cyclic esters (lactones) is 1. The van der Waals surface area contributed by atoms with Crippen LogP contribution in [-0.2, 0) is 19.1 Å². The quantitative estimate of drug-likeness (QED) is 0.523. The van der Waals surface area contributed by atoms with Crippen molar-refractivity contribution in [3.63, 3.8) is 0 Å². The van der Waals surface area contributed by atoms with E-state index in [0.717, 1.165) is 30.4 Å². The number of esters is 2. The first kappa shape index (κ1) is 19.3. The summed E-state index contributed by atoms with van der Waals surface area (Å²) in [6, 6.07) is 16.8. The molecule has 3 aliphatic carbocycles. The standard InChI is InChI=1S/C26H28O4/c1-3-4-5-14-21-23(24(27)29-2)26(25(28)30-21)15-20-16-10-6-8-12-18(16)22(26)19-13-9-7-11-17(19)20/h6-13,20-23H,3-5,14-15H2,1-2H3/t20?,21-,22?,23+,26+/m1/s1. The van der Waals surface area contributed by atoms with Gasteiger partial charge in [0.1, 0.15) is 12.0 Å². The van der Waals surface area contributed by atoms with Crippen LogP contribution in [0.4, 0.5) is 0 Å². The average molecular weight is 405 g/mol. The normalized spacial score (nSPS) is 30.7. The van der Waals surface area contributed by atoms with Crippen LogP contribution in [0.15, 0.2) is 48.5 Å². The van der Waals surface area contributed by atoms with Crippen LogP contribution in [0.2, 0.25) is 0 Å². The van der Waals surface area contributed by atoms with Gasteiger partial charge in [-0.25, -0.2) is 0 Å². The Morgan fingerprint density at radius 3 is 2.20 bits per heavy atom. The van der Waals surface area contributed by atoms with Gasteiger partial charge in [0.05, 0.1) is 12.5 Å². The number of methoxy groups -OCH3 is 1. The van der Waals surface area contributed by atoms with E-state index >= 15 is 0 Å². The first-order valence-corrected chi connectivity index (χ1v) is 11.1. The van der Waals surface area contributed by atoms with Crippen LogP contribution in [0.25, 0.3) is 0 Å². The van der Waals surface area contributed by atoms with E-state index < -0.39 is 17.4 Å². The minimum absolute atomic E-state index is 0.0940. The van der Waals surface area contributed by atoms with Crippen molar-refractivity contribution in [2.24, 2.45) is 11.3 Å². The van der Waals surface area contributed by atoms with Crippen molar-refractivity contribution < 1.29 is 19.1 Å². The van der Waals surface area contributed by atoms with Crippen molar-refractivity contribution in [2.45, 2.75) is 57.0 Å². The molecule has 2 bridgehead atoms. The molecule has 156 valence electrons. The van der Waals surface area contributed by atoms with Gasteiger partial charge in [-0.1, -0.05) is 68.3 Å². The molecule has 0 radical (unpaired) electrons. The van der Waals surface area contributed by atoms with E-state index in [4.69, 9.17) is 9.47 Å². The zero-order valence-corrected chi connectivity index (χ0v) is 17.6. The van der Waals surface area contributed by atoms with Gasteiger partial charge in [0.15, 0.2) is 0 Å². The van der Waals surface area contributed by atoms with Gasteiger partial charge in [-0.2, -0.15) is 0 Å². The van der Waals surface area contributed by atoms with Crippen molar-refractivity contribution in [1.82, 2.24) is 0 Å². The molecule has 2 aromatic carbocycles. The molecule has 1 saturated heterocycles. The lowest BCUT2D eigenvalue weighted by Gasteiger charge is -2.51. The van der Waals surface area contributed by atoms with Crippen molar-refractivity contribution in [3.05, 3.63) is 70.8 Å². The van der Waals surface area contributed by atoms with Crippen molar-refractivity contribution in [3.8, 4) is 0 Å². The predicted octanol–water partition coefficient (Wildman–Crippen LogP) is 4.95. The topological polar surface area (TPSA) is 52.6 Å². The maximum Gasteiger partial charge on any atom is 0.314 e. The number of benzene rings is 2. The predicted molar refractivity (Wildman–Crippen MR) is 113 cm³/mol. The molecule has 1 heterocycles. The molecule has 3 atom stereocenters. The van der Waals surface area contributed by atoms with Crippen LogP contribution >= 0.6 is 0 Å². The second-order valence-corrected chi connectivity index (χ2v) is 8.93. The lowest BCUT2D eigenvalue weighted by molar-refractivity contribution is -0.155. The van der Waals surface area contributed by atoms with Crippen molar-refractivity contribution in [1.29, 1.82) is 0 Å². The van der Waals surface area contributed by atoms with E-state index in [0.29, 0.717) is 12.8 Å². The molecule has 4 heteroatoms. The first-order chi connectivity index (χ1) is 14.6. The fourth-order valence-corrected chi connectivity index (χ4v) is 6.34. The number of hydrogen-bond donors (Lipinski definition) is 0. The molecule has 0 N–H and O–H groups in total. The molecule has 0 unspecified atom stereocenters. The summed E-state index contributed by atoms with van der Waals surface area (Å²) in [6.45, 7) is 2.15. The van der Waals surface area contributed by atoms with Crippen molar-refractivity contribution in [2.75, 3.05) is 7.11 Å². The smallest absolute Gasteiger partial charge is 0.314 e. The number of carbonyl (C=O) groups excluding carboxylic acids is 2. The SMILES string of the molecule is CCCCC[C@H]1OC(=O)[C@]2(CC3c4ccccc4C2c2ccccc23)[C@@H]1C(=O)OC. The van der Waals surface area contributed by atoms with Crippen LogP contribution in [-0.4, -0.2) is 25.2 Å². The van der Waals surface area contributed by atoms with E-state index in [-0.39, 0.29) is 23.8 Å². The molecule has 4 aliphatic rings. The summed E-state index contributed by atoms with van der Waals surface area (Å²) in [6.07, 6.45) is 4.00. The van der Waals surface area contributed by atoms with E-state index in [1.54, 1.807) is 0 Å². The molecule has 30 heavy (non-hydrogen) atoms. The van der Waals surface area contributed by atoms with E-state index in [1.807, 2.05) is 12.1 Å². The largest absolute Gasteiger partial charge is 0.469 e. The molecule has 6 rings (SSSR count). The summed E-state index contributed by atoms with van der Waals surface area (Å²) in [5.74, 6) is -1.19. The highest BCUT2D eigenvalue weighted by molar-refractivity contribution is 5.92. The lowest BCUT2D eigenvalue weighted by Crippen LogP contribution is -2.51. The summed E-state index contributed by atoms with van der Waals surface area (Å²) in [7, 11) is 1.42. The first-order valence-electron chi connectivity index (χ1n) is 11.1. The summed E-state index contributed by atoms with van der Waals surface area (Å²) >= 11 is 0. The Labute approximate surface area is 177 Å². The Morgan fingerprint density at radius 2 is 1.63 bits per heavy atom. The Hall–Kier alpha value is -2.62.